The van der Waals surface area contributed by atoms with E-state index in [0.29, 0.717) is 44.3 Å². The Hall–Kier alpha value is -2.42. The zero-order chi connectivity index (χ0) is 20.1. The highest BCUT2D eigenvalue weighted by Gasteiger charge is 2.27. The van der Waals surface area contributed by atoms with Gasteiger partial charge in [-0.15, -0.1) is 0 Å². The average molecular weight is 390 g/mol. The van der Waals surface area contributed by atoms with Gasteiger partial charge in [0.1, 0.15) is 17.3 Å². The van der Waals surface area contributed by atoms with Crippen LogP contribution in [0.4, 0.5) is 10.6 Å². The lowest BCUT2D eigenvalue weighted by molar-refractivity contribution is 0.0565. The Morgan fingerprint density at radius 3 is 2.21 bits per heavy atom. The molecule has 2 aliphatic heterocycles. The van der Waals surface area contributed by atoms with Gasteiger partial charge in [-0.2, -0.15) is 0 Å². The van der Waals surface area contributed by atoms with Crippen LogP contribution in [0.3, 0.4) is 0 Å². The van der Waals surface area contributed by atoms with Crippen molar-refractivity contribution in [2.75, 3.05) is 70.4 Å². The molecule has 0 bridgehead atoms. The van der Waals surface area contributed by atoms with Gasteiger partial charge in [0.2, 0.25) is 0 Å². The van der Waals surface area contributed by atoms with E-state index in [4.69, 9.17) is 4.74 Å². The molecule has 9 heteroatoms. The van der Waals surface area contributed by atoms with Gasteiger partial charge in [-0.1, -0.05) is 6.92 Å². The predicted molar refractivity (Wildman–Crippen MR) is 106 cm³/mol. The average Bonchev–Trinajstić information content (AvgIpc) is 2.73. The number of piperazine rings is 2. The first-order valence-corrected chi connectivity index (χ1v) is 10.1. The highest BCUT2D eigenvalue weighted by Crippen LogP contribution is 2.17. The van der Waals surface area contributed by atoms with Crippen molar-refractivity contribution >= 4 is 17.8 Å². The fourth-order valence-electron chi connectivity index (χ4n) is 3.59. The molecule has 3 rings (SSSR count). The van der Waals surface area contributed by atoms with Crippen molar-refractivity contribution in [1.82, 2.24) is 24.7 Å². The molecule has 0 aliphatic carbocycles. The Morgan fingerprint density at radius 2 is 1.61 bits per heavy atom. The van der Waals surface area contributed by atoms with Crippen LogP contribution >= 0.6 is 0 Å². The van der Waals surface area contributed by atoms with Crippen LogP contribution < -0.4 is 4.90 Å². The van der Waals surface area contributed by atoms with E-state index >= 15 is 0 Å². The largest absolute Gasteiger partial charge is 0.450 e. The molecule has 0 atom stereocenters. The van der Waals surface area contributed by atoms with Crippen LogP contribution in [-0.2, 0) is 4.74 Å². The van der Waals surface area contributed by atoms with E-state index in [1.54, 1.807) is 22.8 Å². The number of aromatic nitrogens is 2. The lowest BCUT2D eigenvalue weighted by Crippen LogP contribution is -2.51. The minimum absolute atomic E-state index is 0.109. The molecule has 0 saturated carbocycles. The van der Waals surface area contributed by atoms with Gasteiger partial charge in [-0.25, -0.2) is 14.8 Å². The quantitative estimate of drug-likeness (QED) is 0.753. The van der Waals surface area contributed by atoms with Crippen molar-refractivity contribution in [2.24, 2.45) is 0 Å². The van der Waals surface area contributed by atoms with Crippen LogP contribution in [0.15, 0.2) is 6.07 Å². The lowest BCUT2D eigenvalue weighted by Gasteiger charge is -2.35. The van der Waals surface area contributed by atoms with E-state index in [0.717, 1.165) is 38.5 Å². The van der Waals surface area contributed by atoms with Crippen molar-refractivity contribution in [3.63, 3.8) is 0 Å². The third kappa shape index (κ3) is 4.70. The highest BCUT2D eigenvalue weighted by molar-refractivity contribution is 5.93. The number of hydrogen-bond donors (Lipinski definition) is 0. The van der Waals surface area contributed by atoms with Gasteiger partial charge < -0.3 is 24.3 Å². The molecule has 1 aromatic heterocycles. The number of nitrogens with zero attached hydrogens (tertiary/aromatic N) is 6. The summed E-state index contributed by atoms with van der Waals surface area (Å²) in [5.41, 5.74) is 0.421. The maximum Gasteiger partial charge on any atom is 0.409 e. The first kappa shape index (κ1) is 20.3. The van der Waals surface area contributed by atoms with E-state index in [9.17, 15) is 9.59 Å². The molecule has 2 aliphatic rings. The summed E-state index contributed by atoms with van der Waals surface area (Å²) in [5.74, 6) is 1.31. The van der Waals surface area contributed by atoms with Gasteiger partial charge in [0.05, 0.1) is 6.61 Å². The molecular weight excluding hydrogens is 360 g/mol. The molecule has 3 heterocycles. The summed E-state index contributed by atoms with van der Waals surface area (Å²) < 4.78 is 5.03. The van der Waals surface area contributed by atoms with Gasteiger partial charge in [-0.05, 0) is 20.4 Å². The molecule has 154 valence electrons. The minimum Gasteiger partial charge on any atom is -0.450 e. The number of likely N-dealkylation sites (N-methyl/N-ethyl adjacent to an activating group) is 1. The first-order chi connectivity index (χ1) is 13.5. The topological polar surface area (TPSA) is 82.1 Å². The van der Waals surface area contributed by atoms with Gasteiger partial charge >= 0.3 is 6.09 Å². The predicted octanol–water partition coefficient (Wildman–Crippen LogP) is 0.841. The van der Waals surface area contributed by atoms with Gasteiger partial charge in [0.25, 0.3) is 5.91 Å². The molecule has 28 heavy (non-hydrogen) atoms. The standard InChI is InChI=1S/C19H30N6O3/c1-4-22-6-8-23(9-7-22)17-14-16(20-15(3)21-17)18(26)24-10-12-25(13-11-24)19(27)28-5-2/h14H,4-13H2,1-3H3. The molecule has 1 aromatic rings. The van der Waals surface area contributed by atoms with Crippen LogP contribution in [-0.4, -0.2) is 102 Å². The zero-order valence-electron chi connectivity index (χ0n) is 17.1. The second kappa shape index (κ2) is 9.18. The van der Waals surface area contributed by atoms with Crippen LogP contribution in [0.2, 0.25) is 0 Å². The monoisotopic (exact) mass is 390 g/mol. The Morgan fingerprint density at radius 1 is 0.964 bits per heavy atom. The van der Waals surface area contributed by atoms with E-state index < -0.39 is 0 Å². The number of rotatable bonds is 4. The van der Waals surface area contributed by atoms with Gasteiger partial charge in [0.15, 0.2) is 0 Å². The van der Waals surface area contributed by atoms with E-state index in [1.165, 1.54) is 0 Å². The van der Waals surface area contributed by atoms with E-state index in [1.807, 2.05) is 6.92 Å². The maximum atomic E-state index is 13.0. The molecule has 9 nitrogen and oxygen atoms in total. The molecule has 0 spiro atoms. The summed E-state index contributed by atoms with van der Waals surface area (Å²) in [6.07, 6.45) is -0.319. The summed E-state index contributed by atoms with van der Waals surface area (Å²) in [4.78, 5) is 41.7. The summed E-state index contributed by atoms with van der Waals surface area (Å²) in [7, 11) is 0. The Kier molecular flexibility index (Phi) is 6.66. The summed E-state index contributed by atoms with van der Waals surface area (Å²) in [6.45, 7) is 12.9. The minimum atomic E-state index is -0.319. The molecule has 0 radical (unpaired) electrons. The van der Waals surface area contributed by atoms with Crippen LogP contribution in [0.25, 0.3) is 0 Å². The molecule has 0 aromatic carbocycles. The SMILES string of the molecule is CCOC(=O)N1CCN(C(=O)c2cc(N3CCN(CC)CC3)nc(C)n2)CC1. The molecule has 0 N–H and O–H groups in total. The third-order valence-electron chi connectivity index (χ3n) is 5.28. The Labute approximate surface area is 166 Å². The third-order valence-corrected chi connectivity index (χ3v) is 5.28. The molecule has 2 saturated heterocycles. The van der Waals surface area contributed by atoms with Crippen molar-refractivity contribution < 1.29 is 14.3 Å². The van der Waals surface area contributed by atoms with Crippen molar-refractivity contribution in [1.29, 1.82) is 0 Å². The molecule has 0 unspecified atom stereocenters. The van der Waals surface area contributed by atoms with Crippen LogP contribution in [0.5, 0.6) is 0 Å². The zero-order valence-corrected chi connectivity index (χ0v) is 17.1. The van der Waals surface area contributed by atoms with Crippen LogP contribution in [0, 0.1) is 6.92 Å². The number of hydrogen-bond acceptors (Lipinski definition) is 7. The number of carbonyl (C=O) groups excluding carboxylic acids is 2. The van der Waals surface area contributed by atoms with Crippen molar-refractivity contribution in [3.8, 4) is 0 Å². The maximum absolute atomic E-state index is 13.0. The number of aryl methyl sites for hydroxylation is 1. The second-order valence-electron chi connectivity index (χ2n) is 7.06. The fraction of sp³-hybridized carbons (Fsp3) is 0.684. The van der Waals surface area contributed by atoms with Crippen LogP contribution in [0.1, 0.15) is 30.2 Å². The smallest absolute Gasteiger partial charge is 0.409 e. The second-order valence-corrected chi connectivity index (χ2v) is 7.06. The van der Waals surface area contributed by atoms with E-state index in [-0.39, 0.29) is 12.0 Å². The van der Waals surface area contributed by atoms with Crippen molar-refractivity contribution in [3.05, 3.63) is 17.6 Å². The molecular formula is C19H30N6O3. The molecule has 2 fully saturated rings. The number of anilines is 1. The number of amides is 2. The Bertz CT molecular complexity index is 697. The lowest BCUT2D eigenvalue weighted by atomic mass is 10.2. The Balaban J connectivity index is 1.64. The normalized spacial score (nSPS) is 18.3. The highest BCUT2D eigenvalue weighted by atomic mass is 16.6. The number of carbonyl (C=O) groups is 2. The summed E-state index contributed by atoms with van der Waals surface area (Å²) in [6, 6.07) is 1.80. The van der Waals surface area contributed by atoms with Crippen molar-refractivity contribution in [2.45, 2.75) is 20.8 Å². The summed E-state index contributed by atoms with van der Waals surface area (Å²) >= 11 is 0. The summed E-state index contributed by atoms with van der Waals surface area (Å²) in [5, 5.41) is 0. The van der Waals surface area contributed by atoms with Gasteiger partial charge in [-0.3, -0.25) is 4.79 Å². The van der Waals surface area contributed by atoms with Gasteiger partial charge in [0, 0.05) is 58.4 Å². The molecule has 2 amide bonds. The number of ether oxygens (including phenoxy) is 1. The van der Waals surface area contributed by atoms with E-state index in [2.05, 4.69) is 26.7 Å². The first-order valence-electron chi connectivity index (χ1n) is 10.1. The fourth-order valence-corrected chi connectivity index (χ4v) is 3.59.